The summed E-state index contributed by atoms with van der Waals surface area (Å²) in [5.74, 6) is -1.11. The summed E-state index contributed by atoms with van der Waals surface area (Å²) in [5.41, 5.74) is 6.33. The van der Waals surface area contributed by atoms with Gasteiger partial charge in [0.05, 0.1) is 0 Å². The highest BCUT2D eigenvalue weighted by Crippen LogP contribution is 2.28. The fourth-order valence-corrected chi connectivity index (χ4v) is 1.86. The third-order valence-corrected chi connectivity index (χ3v) is 2.79. The summed E-state index contributed by atoms with van der Waals surface area (Å²) in [4.78, 5) is 0. The summed E-state index contributed by atoms with van der Waals surface area (Å²) in [7, 11) is 0. The molecule has 0 aromatic heterocycles. The Kier molecular flexibility index (Phi) is 4.35. The first-order chi connectivity index (χ1) is 9.10. The van der Waals surface area contributed by atoms with E-state index in [0.29, 0.717) is 23.7 Å². The molecule has 100 valence electrons. The fourth-order valence-electron chi connectivity index (χ4n) is 1.67. The monoisotopic (exact) mass is 283 g/mol. The molecule has 0 heterocycles. The zero-order chi connectivity index (χ0) is 13.8. The van der Waals surface area contributed by atoms with Gasteiger partial charge in [0.25, 0.3) is 0 Å². The molecule has 2 nitrogen and oxygen atoms in total. The predicted octanol–water partition coefficient (Wildman–Crippen LogP) is 3.91. The van der Waals surface area contributed by atoms with Crippen molar-refractivity contribution in [3.05, 3.63) is 58.6 Å². The van der Waals surface area contributed by atoms with E-state index in [1.807, 2.05) is 0 Å². The molecule has 2 aromatic carbocycles. The first-order valence-electron chi connectivity index (χ1n) is 5.71. The van der Waals surface area contributed by atoms with Crippen LogP contribution in [0.5, 0.6) is 11.5 Å². The van der Waals surface area contributed by atoms with Gasteiger partial charge in [0.2, 0.25) is 0 Å². The van der Waals surface area contributed by atoms with Gasteiger partial charge in [-0.25, -0.2) is 8.78 Å². The summed E-state index contributed by atoms with van der Waals surface area (Å²) in [6, 6.07) is 8.45. The van der Waals surface area contributed by atoms with Crippen molar-refractivity contribution in [1.29, 1.82) is 0 Å². The molecule has 0 atom stereocenters. The Hall–Kier alpha value is -1.65. The minimum Gasteiger partial charge on any atom is -0.457 e. The average Bonchev–Trinajstić information content (AvgIpc) is 2.37. The standard InChI is InChI=1S/C14H12ClF2NO/c15-10-1-4-14(9(7-10)5-6-18)19-11-2-3-12(16)13(17)8-11/h1-4,7-8H,5-6,18H2. The number of rotatable bonds is 4. The summed E-state index contributed by atoms with van der Waals surface area (Å²) in [6.45, 7) is 0.439. The highest BCUT2D eigenvalue weighted by molar-refractivity contribution is 6.30. The lowest BCUT2D eigenvalue weighted by Gasteiger charge is -2.11. The van der Waals surface area contributed by atoms with Crippen LogP contribution in [-0.4, -0.2) is 6.54 Å². The van der Waals surface area contributed by atoms with Crippen LogP contribution in [0, 0.1) is 11.6 Å². The van der Waals surface area contributed by atoms with E-state index in [0.717, 1.165) is 17.7 Å². The van der Waals surface area contributed by atoms with Crippen molar-refractivity contribution in [2.75, 3.05) is 6.54 Å². The summed E-state index contributed by atoms with van der Waals surface area (Å²) >= 11 is 5.90. The van der Waals surface area contributed by atoms with Gasteiger partial charge in [-0.05, 0) is 48.9 Å². The number of ether oxygens (including phenoxy) is 1. The van der Waals surface area contributed by atoms with Crippen molar-refractivity contribution >= 4 is 11.6 Å². The van der Waals surface area contributed by atoms with Crippen molar-refractivity contribution in [2.45, 2.75) is 6.42 Å². The predicted molar refractivity (Wildman–Crippen MR) is 70.6 cm³/mol. The molecule has 0 aliphatic carbocycles. The van der Waals surface area contributed by atoms with E-state index in [2.05, 4.69) is 0 Å². The molecule has 0 aliphatic heterocycles. The fraction of sp³-hybridized carbons (Fsp3) is 0.143. The maximum absolute atomic E-state index is 13.1. The largest absolute Gasteiger partial charge is 0.457 e. The second-order valence-electron chi connectivity index (χ2n) is 3.97. The van der Waals surface area contributed by atoms with Crippen LogP contribution in [0.3, 0.4) is 0 Å². The maximum atomic E-state index is 13.1. The Morgan fingerprint density at radius 1 is 1.05 bits per heavy atom. The maximum Gasteiger partial charge on any atom is 0.162 e. The highest BCUT2D eigenvalue weighted by atomic mass is 35.5. The zero-order valence-electron chi connectivity index (χ0n) is 10.00. The van der Waals surface area contributed by atoms with Crippen LogP contribution in [0.25, 0.3) is 0 Å². The molecule has 0 unspecified atom stereocenters. The summed E-state index contributed by atoms with van der Waals surface area (Å²) < 4.78 is 31.5. The van der Waals surface area contributed by atoms with Gasteiger partial charge in [-0.3, -0.25) is 0 Å². The average molecular weight is 284 g/mol. The van der Waals surface area contributed by atoms with Gasteiger partial charge in [-0.2, -0.15) is 0 Å². The molecule has 19 heavy (non-hydrogen) atoms. The third-order valence-electron chi connectivity index (χ3n) is 2.56. The van der Waals surface area contributed by atoms with Crippen molar-refractivity contribution < 1.29 is 13.5 Å². The molecule has 0 fully saturated rings. The van der Waals surface area contributed by atoms with Crippen LogP contribution < -0.4 is 10.5 Å². The molecular weight excluding hydrogens is 272 g/mol. The lowest BCUT2D eigenvalue weighted by molar-refractivity contribution is 0.457. The molecule has 0 spiro atoms. The van der Waals surface area contributed by atoms with Gasteiger partial charge < -0.3 is 10.5 Å². The Labute approximate surface area is 114 Å². The van der Waals surface area contributed by atoms with E-state index in [9.17, 15) is 8.78 Å². The number of halogens is 3. The van der Waals surface area contributed by atoms with Crippen molar-refractivity contribution in [3.63, 3.8) is 0 Å². The van der Waals surface area contributed by atoms with E-state index in [1.165, 1.54) is 6.07 Å². The van der Waals surface area contributed by atoms with E-state index in [-0.39, 0.29) is 5.75 Å². The third kappa shape index (κ3) is 3.43. The summed E-state index contributed by atoms with van der Waals surface area (Å²) in [5, 5.41) is 0.570. The minimum absolute atomic E-state index is 0.222. The minimum atomic E-state index is -0.952. The molecular formula is C14H12ClF2NO. The molecule has 2 rings (SSSR count). The topological polar surface area (TPSA) is 35.2 Å². The van der Waals surface area contributed by atoms with Crippen molar-refractivity contribution in [2.24, 2.45) is 5.73 Å². The first-order valence-corrected chi connectivity index (χ1v) is 6.09. The Bertz CT molecular complexity index is 590. The molecule has 0 amide bonds. The smallest absolute Gasteiger partial charge is 0.162 e. The Morgan fingerprint density at radius 2 is 1.84 bits per heavy atom. The van der Waals surface area contributed by atoms with Crippen LogP contribution in [0.15, 0.2) is 36.4 Å². The van der Waals surface area contributed by atoms with E-state index < -0.39 is 11.6 Å². The molecule has 0 saturated heterocycles. The number of hydrogen-bond acceptors (Lipinski definition) is 2. The SMILES string of the molecule is NCCc1cc(Cl)ccc1Oc1ccc(F)c(F)c1. The quantitative estimate of drug-likeness (QED) is 0.923. The van der Waals surface area contributed by atoms with Crippen LogP contribution >= 0.6 is 11.6 Å². The molecule has 0 saturated carbocycles. The van der Waals surface area contributed by atoms with Gasteiger partial charge in [0.1, 0.15) is 11.5 Å². The van der Waals surface area contributed by atoms with Gasteiger partial charge in [-0.15, -0.1) is 0 Å². The molecule has 0 aliphatic rings. The number of hydrogen-bond donors (Lipinski definition) is 1. The van der Waals surface area contributed by atoms with Crippen molar-refractivity contribution in [1.82, 2.24) is 0 Å². The van der Waals surface area contributed by atoms with Crippen LogP contribution in [-0.2, 0) is 6.42 Å². The van der Waals surface area contributed by atoms with E-state index in [1.54, 1.807) is 18.2 Å². The van der Waals surface area contributed by atoms with Crippen LogP contribution in [0.1, 0.15) is 5.56 Å². The zero-order valence-corrected chi connectivity index (χ0v) is 10.8. The Balaban J connectivity index is 2.29. The Morgan fingerprint density at radius 3 is 2.53 bits per heavy atom. The van der Waals surface area contributed by atoms with Crippen LogP contribution in [0.2, 0.25) is 5.02 Å². The van der Waals surface area contributed by atoms with Gasteiger partial charge in [0.15, 0.2) is 11.6 Å². The first kappa shape index (κ1) is 13.8. The normalized spacial score (nSPS) is 10.5. The highest BCUT2D eigenvalue weighted by Gasteiger charge is 2.08. The number of benzene rings is 2. The van der Waals surface area contributed by atoms with Gasteiger partial charge in [-0.1, -0.05) is 11.6 Å². The lowest BCUT2D eigenvalue weighted by atomic mass is 10.1. The van der Waals surface area contributed by atoms with Crippen molar-refractivity contribution in [3.8, 4) is 11.5 Å². The molecule has 0 radical (unpaired) electrons. The van der Waals surface area contributed by atoms with Gasteiger partial charge >= 0.3 is 0 Å². The molecule has 2 aromatic rings. The molecule has 5 heteroatoms. The molecule has 2 N–H and O–H groups in total. The van der Waals surface area contributed by atoms with E-state index in [4.69, 9.17) is 22.1 Å². The lowest BCUT2D eigenvalue weighted by Crippen LogP contribution is -2.04. The van der Waals surface area contributed by atoms with E-state index >= 15 is 0 Å². The number of nitrogens with two attached hydrogens (primary N) is 1. The second kappa shape index (κ2) is 5.99. The summed E-state index contributed by atoms with van der Waals surface area (Å²) in [6.07, 6.45) is 0.583. The van der Waals surface area contributed by atoms with Gasteiger partial charge in [0, 0.05) is 11.1 Å². The van der Waals surface area contributed by atoms with Crippen LogP contribution in [0.4, 0.5) is 8.78 Å². The molecule has 0 bridgehead atoms. The second-order valence-corrected chi connectivity index (χ2v) is 4.41.